The van der Waals surface area contributed by atoms with Crippen molar-refractivity contribution in [2.75, 3.05) is 6.61 Å². The van der Waals surface area contributed by atoms with E-state index in [0.717, 1.165) is 19.4 Å². The highest BCUT2D eigenvalue weighted by Crippen LogP contribution is 2.31. The summed E-state index contributed by atoms with van der Waals surface area (Å²) in [5, 5.41) is 13.3. The molecule has 1 N–H and O–H groups in total. The van der Waals surface area contributed by atoms with E-state index < -0.39 is 5.97 Å². The van der Waals surface area contributed by atoms with Crippen molar-refractivity contribution in [1.29, 1.82) is 0 Å². The van der Waals surface area contributed by atoms with Crippen molar-refractivity contribution >= 4 is 5.97 Å². The van der Waals surface area contributed by atoms with Crippen LogP contribution in [-0.4, -0.2) is 27.5 Å². The number of aryl methyl sites for hydroxylation is 2. The van der Waals surface area contributed by atoms with Crippen molar-refractivity contribution in [2.45, 2.75) is 25.3 Å². The number of hydrogen-bond donors (Lipinski definition) is 1. The maximum atomic E-state index is 10.6. The first-order valence-electron chi connectivity index (χ1n) is 10.7. The Hall–Kier alpha value is -3.86. The highest BCUT2D eigenvalue weighted by atomic mass is 16.5. The zero-order chi connectivity index (χ0) is 22.2. The van der Waals surface area contributed by atoms with Crippen molar-refractivity contribution in [3.8, 4) is 5.75 Å². The lowest BCUT2D eigenvalue weighted by Crippen LogP contribution is -2.09. The van der Waals surface area contributed by atoms with Gasteiger partial charge in [-0.25, -0.2) is 4.79 Å². The minimum Gasteiger partial charge on any atom is -0.482 e. The molecule has 3 aromatic carbocycles. The number of carboxylic acids is 1. The number of benzene rings is 3. The minimum atomic E-state index is -0.977. The fourth-order valence-corrected chi connectivity index (χ4v) is 3.86. The van der Waals surface area contributed by atoms with Gasteiger partial charge in [0.05, 0.1) is 6.20 Å². The van der Waals surface area contributed by atoms with Crippen LogP contribution in [0.5, 0.6) is 5.75 Å². The van der Waals surface area contributed by atoms with Crippen LogP contribution in [0.2, 0.25) is 0 Å². The molecule has 1 aromatic heterocycles. The van der Waals surface area contributed by atoms with E-state index in [1.807, 2.05) is 47.3 Å². The first-order valence-corrected chi connectivity index (χ1v) is 10.7. The molecule has 0 amide bonds. The van der Waals surface area contributed by atoms with Crippen LogP contribution in [0.1, 0.15) is 34.6 Å². The second-order valence-electron chi connectivity index (χ2n) is 7.72. The monoisotopic (exact) mass is 426 g/mol. The van der Waals surface area contributed by atoms with E-state index in [1.165, 1.54) is 22.3 Å². The molecule has 0 saturated carbocycles. The molecule has 32 heavy (non-hydrogen) atoms. The summed E-state index contributed by atoms with van der Waals surface area (Å²) in [6.07, 6.45) is 5.99. The second-order valence-corrected chi connectivity index (χ2v) is 7.72. The number of nitrogens with zero attached hydrogens (tertiary/aromatic N) is 2. The van der Waals surface area contributed by atoms with Crippen molar-refractivity contribution in [2.24, 2.45) is 0 Å². The molecular weight excluding hydrogens is 400 g/mol. The Balaban J connectivity index is 1.39. The third kappa shape index (κ3) is 5.64. The maximum Gasteiger partial charge on any atom is 0.341 e. The molecule has 0 spiro atoms. The molecule has 5 heteroatoms. The third-order valence-electron chi connectivity index (χ3n) is 5.39. The smallest absolute Gasteiger partial charge is 0.341 e. The Morgan fingerprint density at radius 2 is 1.50 bits per heavy atom. The highest BCUT2D eigenvalue weighted by Gasteiger charge is 2.18. The van der Waals surface area contributed by atoms with Gasteiger partial charge in [-0.2, -0.15) is 5.10 Å². The van der Waals surface area contributed by atoms with Crippen LogP contribution in [0.4, 0.5) is 0 Å². The molecule has 4 rings (SSSR count). The standard InChI is InChI=1S/C27H26N2O3/c30-26(31)20-32-25-15-13-21(14-16-25)8-7-17-29-19-24(18-28-29)27(22-9-3-1-4-10-22)23-11-5-2-6-12-23/h1-6,9-16,18-19,27H,7-8,17,20H2,(H,30,31). The summed E-state index contributed by atoms with van der Waals surface area (Å²) in [6.45, 7) is 0.501. The number of carbonyl (C=O) groups is 1. The lowest BCUT2D eigenvalue weighted by Gasteiger charge is -2.16. The van der Waals surface area contributed by atoms with Crippen LogP contribution >= 0.6 is 0 Å². The van der Waals surface area contributed by atoms with Gasteiger partial charge in [0.2, 0.25) is 0 Å². The van der Waals surface area contributed by atoms with Gasteiger partial charge < -0.3 is 9.84 Å². The lowest BCUT2D eigenvalue weighted by molar-refractivity contribution is -0.139. The summed E-state index contributed by atoms with van der Waals surface area (Å²) < 4.78 is 7.19. The molecule has 0 fully saturated rings. The zero-order valence-electron chi connectivity index (χ0n) is 17.8. The Kier molecular flexibility index (Phi) is 6.98. The molecule has 5 nitrogen and oxygen atoms in total. The Morgan fingerprint density at radius 3 is 2.09 bits per heavy atom. The number of carboxylic acid groups (broad SMARTS) is 1. The first kappa shape index (κ1) is 21.4. The second kappa shape index (κ2) is 10.4. The topological polar surface area (TPSA) is 64.3 Å². The van der Waals surface area contributed by atoms with Crippen molar-refractivity contribution in [1.82, 2.24) is 9.78 Å². The fourth-order valence-electron chi connectivity index (χ4n) is 3.86. The van der Waals surface area contributed by atoms with Gasteiger partial charge in [0.1, 0.15) is 5.75 Å². The highest BCUT2D eigenvalue weighted by molar-refractivity contribution is 5.68. The van der Waals surface area contributed by atoms with Crippen molar-refractivity contribution < 1.29 is 14.6 Å². The maximum absolute atomic E-state index is 10.6. The fraction of sp³-hybridized carbons (Fsp3) is 0.185. The summed E-state index contributed by atoms with van der Waals surface area (Å²) in [7, 11) is 0. The molecule has 0 radical (unpaired) electrons. The molecule has 1 heterocycles. The molecule has 0 saturated heterocycles. The van der Waals surface area contributed by atoms with Gasteiger partial charge >= 0.3 is 5.97 Å². The number of aromatic nitrogens is 2. The van der Waals surface area contributed by atoms with Gasteiger partial charge in [0.15, 0.2) is 6.61 Å². The van der Waals surface area contributed by atoms with Crippen LogP contribution in [0.25, 0.3) is 0 Å². The van der Waals surface area contributed by atoms with Crippen molar-refractivity contribution in [3.05, 3.63) is 120 Å². The van der Waals surface area contributed by atoms with E-state index >= 15 is 0 Å². The molecular formula is C27H26N2O3. The molecule has 4 aromatic rings. The summed E-state index contributed by atoms with van der Waals surface area (Å²) in [5.74, 6) is -0.250. The van der Waals surface area contributed by atoms with E-state index in [-0.39, 0.29) is 12.5 Å². The minimum absolute atomic E-state index is 0.157. The van der Waals surface area contributed by atoms with Gasteiger partial charge in [-0.15, -0.1) is 0 Å². The molecule has 162 valence electrons. The predicted molar refractivity (Wildman–Crippen MR) is 124 cm³/mol. The Labute approximate surface area is 187 Å². The third-order valence-corrected chi connectivity index (χ3v) is 5.39. The Morgan fingerprint density at radius 1 is 0.875 bits per heavy atom. The summed E-state index contributed by atoms with van der Waals surface area (Å²) in [5.41, 5.74) is 4.88. The summed E-state index contributed by atoms with van der Waals surface area (Å²) in [6, 6.07) is 28.6. The number of aliphatic carboxylic acids is 1. The number of ether oxygens (including phenoxy) is 1. The SMILES string of the molecule is O=C(O)COc1ccc(CCCn2cc(C(c3ccccc3)c3ccccc3)cn2)cc1. The molecule has 0 aliphatic heterocycles. The van der Waals surface area contributed by atoms with Crippen LogP contribution in [0.15, 0.2) is 97.3 Å². The van der Waals surface area contributed by atoms with E-state index in [0.29, 0.717) is 5.75 Å². The first-order chi connectivity index (χ1) is 15.7. The van der Waals surface area contributed by atoms with Crippen molar-refractivity contribution in [3.63, 3.8) is 0 Å². The number of hydrogen-bond acceptors (Lipinski definition) is 3. The van der Waals surface area contributed by atoms with E-state index in [4.69, 9.17) is 9.84 Å². The van der Waals surface area contributed by atoms with Gasteiger partial charge in [-0.3, -0.25) is 4.68 Å². The molecule has 0 unspecified atom stereocenters. The largest absolute Gasteiger partial charge is 0.482 e. The summed E-state index contributed by atoms with van der Waals surface area (Å²) in [4.78, 5) is 10.6. The molecule has 0 atom stereocenters. The van der Waals surface area contributed by atoms with Crippen LogP contribution in [0, 0.1) is 0 Å². The number of rotatable bonds is 10. The van der Waals surface area contributed by atoms with Crippen LogP contribution in [0.3, 0.4) is 0 Å². The van der Waals surface area contributed by atoms with Gasteiger partial charge in [-0.05, 0) is 41.7 Å². The summed E-state index contributed by atoms with van der Waals surface area (Å²) >= 11 is 0. The molecule has 0 aliphatic carbocycles. The predicted octanol–water partition coefficient (Wildman–Crippen LogP) is 5.16. The normalized spacial score (nSPS) is 10.9. The molecule has 0 aliphatic rings. The van der Waals surface area contributed by atoms with Crippen LogP contribution in [-0.2, 0) is 17.8 Å². The average molecular weight is 427 g/mol. The lowest BCUT2D eigenvalue weighted by atomic mass is 9.87. The van der Waals surface area contributed by atoms with Crippen LogP contribution < -0.4 is 4.74 Å². The quantitative estimate of drug-likeness (QED) is 0.380. The average Bonchev–Trinajstić information content (AvgIpc) is 3.28. The van der Waals surface area contributed by atoms with Gasteiger partial charge in [-0.1, -0.05) is 72.8 Å². The van der Waals surface area contributed by atoms with Gasteiger partial charge in [0.25, 0.3) is 0 Å². The Bertz CT molecular complexity index is 1080. The zero-order valence-corrected chi connectivity index (χ0v) is 17.8. The van der Waals surface area contributed by atoms with E-state index in [9.17, 15) is 4.79 Å². The van der Waals surface area contributed by atoms with E-state index in [1.54, 1.807) is 0 Å². The van der Waals surface area contributed by atoms with Gasteiger partial charge in [0, 0.05) is 24.2 Å². The van der Waals surface area contributed by atoms with E-state index in [2.05, 4.69) is 59.8 Å². The molecule has 0 bridgehead atoms.